The van der Waals surface area contributed by atoms with Gasteiger partial charge in [-0.15, -0.1) is 0 Å². The Labute approximate surface area is 98.6 Å². The van der Waals surface area contributed by atoms with Crippen molar-refractivity contribution in [2.45, 2.75) is 12.8 Å². The second-order valence-electron chi connectivity index (χ2n) is 4.18. The van der Waals surface area contributed by atoms with Crippen molar-refractivity contribution >= 4 is 12.0 Å². The van der Waals surface area contributed by atoms with Crippen LogP contribution in [-0.4, -0.2) is 65.2 Å². The smallest absolute Gasteiger partial charge is 0.416 e. The van der Waals surface area contributed by atoms with Crippen LogP contribution in [0.25, 0.3) is 0 Å². The third-order valence-electron chi connectivity index (χ3n) is 2.80. The van der Waals surface area contributed by atoms with Crippen molar-refractivity contribution in [2.24, 2.45) is 5.41 Å². The van der Waals surface area contributed by atoms with Crippen LogP contribution in [0.3, 0.4) is 0 Å². The van der Waals surface area contributed by atoms with Crippen LogP contribution in [0.5, 0.6) is 0 Å². The van der Waals surface area contributed by atoms with E-state index in [4.69, 9.17) is 20.1 Å². The number of likely N-dealkylation sites (tertiary alicyclic amines) is 1. The molecule has 1 heterocycles. The number of carbonyl (C=O) groups is 2. The molecule has 98 valence electrons. The molecule has 0 aromatic carbocycles. The van der Waals surface area contributed by atoms with Crippen LogP contribution in [0, 0.1) is 5.41 Å². The molecule has 0 bridgehead atoms. The molecule has 0 aromatic heterocycles. The van der Waals surface area contributed by atoms with Gasteiger partial charge in [0.2, 0.25) is 5.91 Å². The molecule has 7 nitrogen and oxygen atoms in total. The summed E-state index contributed by atoms with van der Waals surface area (Å²) in [5.41, 5.74) is -1.27. The fourth-order valence-corrected chi connectivity index (χ4v) is 1.42. The molecule has 1 saturated heterocycles. The lowest BCUT2D eigenvalue weighted by Crippen LogP contribution is -2.42. The van der Waals surface area contributed by atoms with Crippen LogP contribution in [0.4, 0.5) is 4.79 Å². The highest BCUT2D eigenvalue weighted by Gasteiger charge is 2.33. The zero-order chi connectivity index (χ0) is 12.9. The molecule has 1 fully saturated rings. The van der Waals surface area contributed by atoms with Crippen molar-refractivity contribution in [1.82, 2.24) is 4.90 Å². The topological polar surface area (TPSA) is 107 Å². The number of aliphatic hydroxyl groups excluding tert-OH is 3. The van der Waals surface area contributed by atoms with Gasteiger partial charge in [0.1, 0.15) is 6.61 Å². The lowest BCUT2D eigenvalue weighted by molar-refractivity contribution is -0.126. The Morgan fingerprint density at radius 3 is 2.29 bits per heavy atom. The van der Waals surface area contributed by atoms with E-state index in [1.807, 2.05) is 0 Å². The number of ether oxygens (including phenoxy) is 1. The number of aliphatic hydroxyl groups is 3. The Bertz CT molecular complexity index is 280. The van der Waals surface area contributed by atoms with Gasteiger partial charge in [0.05, 0.1) is 25.2 Å². The van der Waals surface area contributed by atoms with Crippen molar-refractivity contribution in [3.8, 4) is 0 Å². The maximum absolute atomic E-state index is 11.5. The van der Waals surface area contributed by atoms with Crippen LogP contribution >= 0.6 is 0 Å². The number of imide groups is 1. The van der Waals surface area contributed by atoms with Gasteiger partial charge in [0, 0.05) is 13.0 Å². The van der Waals surface area contributed by atoms with E-state index < -0.39 is 31.3 Å². The van der Waals surface area contributed by atoms with E-state index in [0.717, 1.165) is 4.90 Å². The van der Waals surface area contributed by atoms with Crippen molar-refractivity contribution in [3.63, 3.8) is 0 Å². The molecule has 0 aliphatic carbocycles. The highest BCUT2D eigenvalue weighted by Crippen LogP contribution is 2.17. The summed E-state index contributed by atoms with van der Waals surface area (Å²) in [4.78, 5) is 23.7. The number of amides is 2. The first-order valence-electron chi connectivity index (χ1n) is 5.38. The minimum Gasteiger partial charge on any atom is -0.448 e. The summed E-state index contributed by atoms with van der Waals surface area (Å²) in [5.74, 6) is -0.294. The summed E-state index contributed by atoms with van der Waals surface area (Å²) < 4.78 is 4.82. The maximum Gasteiger partial charge on any atom is 0.416 e. The fraction of sp³-hybridized carbons (Fsp3) is 0.800. The molecule has 0 unspecified atom stereocenters. The molecule has 0 spiro atoms. The Morgan fingerprint density at radius 1 is 1.29 bits per heavy atom. The summed E-state index contributed by atoms with van der Waals surface area (Å²) in [6, 6.07) is 0. The van der Waals surface area contributed by atoms with E-state index >= 15 is 0 Å². The molecule has 7 heteroatoms. The molecular weight excluding hydrogens is 230 g/mol. The molecule has 2 amide bonds. The summed E-state index contributed by atoms with van der Waals surface area (Å²) in [6.45, 7) is -1.55. The Morgan fingerprint density at radius 2 is 1.88 bits per heavy atom. The van der Waals surface area contributed by atoms with E-state index in [0.29, 0.717) is 19.4 Å². The molecule has 0 aromatic rings. The van der Waals surface area contributed by atoms with Gasteiger partial charge < -0.3 is 20.1 Å². The molecule has 1 aliphatic heterocycles. The first kappa shape index (κ1) is 13.9. The maximum atomic E-state index is 11.5. The van der Waals surface area contributed by atoms with Gasteiger partial charge in [0.25, 0.3) is 0 Å². The van der Waals surface area contributed by atoms with Gasteiger partial charge in [-0.25, -0.2) is 9.69 Å². The van der Waals surface area contributed by atoms with Crippen molar-refractivity contribution in [3.05, 3.63) is 0 Å². The molecule has 0 saturated carbocycles. The highest BCUT2D eigenvalue weighted by atomic mass is 16.6. The van der Waals surface area contributed by atoms with E-state index in [-0.39, 0.29) is 12.5 Å². The second-order valence-corrected chi connectivity index (χ2v) is 4.18. The quantitative estimate of drug-likeness (QED) is 0.558. The van der Waals surface area contributed by atoms with E-state index in [9.17, 15) is 9.59 Å². The molecule has 1 aliphatic rings. The van der Waals surface area contributed by atoms with E-state index in [2.05, 4.69) is 0 Å². The first-order valence-corrected chi connectivity index (χ1v) is 5.38. The SMILES string of the molecule is O=C1CCCN1C(=O)OCC(CO)(CO)CO. The summed E-state index contributed by atoms with van der Waals surface area (Å²) in [7, 11) is 0. The standard InChI is InChI=1S/C10H17NO6/c12-4-10(5-13,6-14)7-17-9(16)11-3-1-2-8(11)15/h12-14H,1-7H2. The summed E-state index contributed by atoms with van der Waals surface area (Å²) >= 11 is 0. The van der Waals surface area contributed by atoms with Crippen LogP contribution in [0.2, 0.25) is 0 Å². The normalized spacial score (nSPS) is 16.4. The minimum atomic E-state index is -1.27. The predicted octanol–water partition coefficient (Wildman–Crippen LogP) is -1.29. The zero-order valence-corrected chi connectivity index (χ0v) is 9.46. The Kier molecular flexibility index (Phi) is 4.86. The third kappa shape index (κ3) is 3.15. The van der Waals surface area contributed by atoms with Crippen LogP contribution < -0.4 is 0 Å². The average molecular weight is 247 g/mol. The number of hydrogen-bond acceptors (Lipinski definition) is 6. The van der Waals surface area contributed by atoms with Gasteiger partial charge in [-0.3, -0.25) is 4.79 Å². The van der Waals surface area contributed by atoms with Crippen molar-refractivity contribution < 1.29 is 29.6 Å². The molecule has 3 N–H and O–H groups in total. The second kappa shape index (κ2) is 5.95. The van der Waals surface area contributed by atoms with Crippen LogP contribution in [0.15, 0.2) is 0 Å². The molecular formula is C10H17NO6. The molecule has 0 atom stereocenters. The Balaban J connectivity index is 2.49. The highest BCUT2D eigenvalue weighted by molar-refractivity contribution is 5.93. The van der Waals surface area contributed by atoms with Gasteiger partial charge in [-0.05, 0) is 6.42 Å². The van der Waals surface area contributed by atoms with Gasteiger partial charge in [0.15, 0.2) is 0 Å². The number of nitrogens with zero attached hydrogens (tertiary/aromatic N) is 1. The zero-order valence-electron chi connectivity index (χ0n) is 9.46. The van der Waals surface area contributed by atoms with Crippen LogP contribution in [-0.2, 0) is 9.53 Å². The van der Waals surface area contributed by atoms with Gasteiger partial charge in [-0.2, -0.15) is 0 Å². The van der Waals surface area contributed by atoms with Gasteiger partial charge >= 0.3 is 6.09 Å². The van der Waals surface area contributed by atoms with Crippen molar-refractivity contribution in [2.75, 3.05) is 33.0 Å². The summed E-state index contributed by atoms with van der Waals surface area (Å²) in [6.07, 6.45) is 0.131. The largest absolute Gasteiger partial charge is 0.448 e. The first-order chi connectivity index (χ1) is 8.08. The monoisotopic (exact) mass is 247 g/mol. The van der Waals surface area contributed by atoms with Gasteiger partial charge in [-0.1, -0.05) is 0 Å². The average Bonchev–Trinajstić information content (AvgIpc) is 2.78. The van der Waals surface area contributed by atoms with Crippen LogP contribution in [0.1, 0.15) is 12.8 Å². The molecule has 0 radical (unpaired) electrons. The number of hydrogen-bond donors (Lipinski definition) is 3. The summed E-state index contributed by atoms with van der Waals surface area (Å²) in [5, 5.41) is 27.0. The number of rotatable bonds is 5. The third-order valence-corrected chi connectivity index (χ3v) is 2.80. The number of carbonyl (C=O) groups excluding carboxylic acids is 2. The predicted molar refractivity (Wildman–Crippen MR) is 56.0 cm³/mol. The Hall–Kier alpha value is -1.18. The van der Waals surface area contributed by atoms with E-state index in [1.165, 1.54) is 0 Å². The minimum absolute atomic E-state index is 0.294. The molecule has 17 heavy (non-hydrogen) atoms. The van der Waals surface area contributed by atoms with Crippen molar-refractivity contribution in [1.29, 1.82) is 0 Å². The fourth-order valence-electron chi connectivity index (χ4n) is 1.42. The van der Waals surface area contributed by atoms with E-state index in [1.54, 1.807) is 0 Å². The molecule has 1 rings (SSSR count). The lowest BCUT2D eigenvalue weighted by Gasteiger charge is -2.27. The lowest BCUT2D eigenvalue weighted by atomic mass is 9.93.